The monoisotopic (exact) mass is 226 g/mol. The number of hydrogen-bond donors (Lipinski definition) is 0. The van der Waals surface area contributed by atoms with Gasteiger partial charge in [0.15, 0.2) is 0 Å². The Balaban J connectivity index is 0.000000288. The van der Waals surface area contributed by atoms with E-state index < -0.39 is 0 Å². The highest BCUT2D eigenvalue weighted by atomic mass is 35.5. The van der Waals surface area contributed by atoms with E-state index in [4.69, 9.17) is 11.6 Å². The molecule has 0 nitrogen and oxygen atoms in total. The molecular formula is C14H23Cl. The number of benzene rings is 1. The molecule has 86 valence electrons. The van der Waals surface area contributed by atoms with Gasteiger partial charge in [0.2, 0.25) is 0 Å². The van der Waals surface area contributed by atoms with Gasteiger partial charge in [-0.25, -0.2) is 0 Å². The van der Waals surface area contributed by atoms with E-state index >= 15 is 0 Å². The highest BCUT2D eigenvalue weighted by Gasteiger charge is 1.84. The summed E-state index contributed by atoms with van der Waals surface area (Å²) < 4.78 is 0. The van der Waals surface area contributed by atoms with E-state index in [-0.39, 0.29) is 0 Å². The fourth-order valence-corrected chi connectivity index (χ4v) is 1.47. The first-order valence-electron chi connectivity index (χ1n) is 5.95. The van der Waals surface area contributed by atoms with Crippen molar-refractivity contribution in [1.82, 2.24) is 0 Å². The van der Waals surface area contributed by atoms with Gasteiger partial charge in [0.05, 0.1) is 0 Å². The van der Waals surface area contributed by atoms with Crippen molar-refractivity contribution >= 4 is 11.6 Å². The third-order valence-corrected chi connectivity index (χ3v) is 2.39. The van der Waals surface area contributed by atoms with E-state index in [0.717, 1.165) is 5.88 Å². The molecule has 15 heavy (non-hydrogen) atoms. The largest absolute Gasteiger partial charge is 0.127 e. The summed E-state index contributed by atoms with van der Waals surface area (Å²) in [6.07, 6.45) is 6.18. The summed E-state index contributed by atoms with van der Waals surface area (Å²) in [5, 5.41) is 0. The van der Waals surface area contributed by atoms with Crippen molar-refractivity contribution in [2.45, 2.75) is 46.0 Å². The maximum atomic E-state index is 5.38. The summed E-state index contributed by atoms with van der Waals surface area (Å²) in [6, 6.07) is 10.6. The Labute approximate surface area is 99.7 Å². The molecule has 0 saturated heterocycles. The van der Waals surface area contributed by atoms with Gasteiger partial charge >= 0.3 is 0 Å². The molecule has 0 aliphatic carbocycles. The van der Waals surface area contributed by atoms with Gasteiger partial charge in [-0.1, -0.05) is 63.4 Å². The molecule has 0 saturated carbocycles. The second kappa shape index (κ2) is 11.6. The van der Waals surface area contributed by atoms with Crippen LogP contribution < -0.4 is 0 Å². The predicted molar refractivity (Wildman–Crippen MR) is 70.7 cm³/mol. The topological polar surface area (TPSA) is 0 Å². The Morgan fingerprint density at radius 2 is 1.60 bits per heavy atom. The maximum Gasteiger partial charge on any atom is 0.0223 e. The second-order valence-electron chi connectivity index (χ2n) is 3.63. The maximum absolute atomic E-state index is 5.38. The Hall–Kier alpha value is -0.490. The van der Waals surface area contributed by atoms with Gasteiger partial charge < -0.3 is 0 Å². The Morgan fingerprint density at radius 1 is 0.933 bits per heavy atom. The Bertz CT molecular complexity index is 202. The first-order valence-corrected chi connectivity index (χ1v) is 6.48. The normalized spacial score (nSPS) is 9.27. The van der Waals surface area contributed by atoms with E-state index in [9.17, 15) is 0 Å². The highest BCUT2D eigenvalue weighted by Crippen LogP contribution is 2.00. The van der Waals surface area contributed by atoms with Crippen molar-refractivity contribution in [2.75, 3.05) is 5.88 Å². The zero-order valence-electron chi connectivity index (χ0n) is 10.0. The molecule has 1 aromatic carbocycles. The summed E-state index contributed by atoms with van der Waals surface area (Å²) in [7, 11) is 0. The third kappa shape index (κ3) is 9.81. The van der Waals surface area contributed by atoms with Crippen molar-refractivity contribution in [3.8, 4) is 0 Å². The van der Waals surface area contributed by atoms with Crippen molar-refractivity contribution in [1.29, 1.82) is 0 Å². The number of alkyl halides is 1. The minimum atomic E-state index is 0.827. The molecule has 1 aromatic rings. The summed E-state index contributed by atoms with van der Waals surface area (Å²) >= 11 is 5.38. The van der Waals surface area contributed by atoms with E-state index in [0.29, 0.717) is 0 Å². The van der Waals surface area contributed by atoms with Crippen molar-refractivity contribution in [3.63, 3.8) is 0 Å². The summed E-state index contributed by atoms with van der Waals surface area (Å²) in [4.78, 5) is 0. The molecule has 0 aliphatic heterocycles. The summed E-state index contributed by atoms with van der Waals surface area (Å²) in [5.41, 5.74) is 1.44. The van der Waals surface area contributed by atoms with Gasteiger partial charge in [-0.2, -0.15) is 0 Å². The molecule has 0 aliphatic rings. The van der Waals surface area contributed by atoms with E-state index in [2.05, 4.69) is 44.2 Å². The van der Waals surface area contributed by atoms with Gasteiger partial charge in [-0.3, -0.25) is 0 Å². The van der Waals surface area contributed by atoms with Crippen molar-refractivity contribution in [3.05, 3.63) is 35.9 Å². The van der Waals surface area contributed by atoms with Crippen LogP contribution in [0.25, 0.3) is 0 Å². The molecule has 0 aromatic heterocycles. The third-order valence-electron chi connectivity index (χ3n) is 2.12. The number of unbranched alkanes of at least 4 members (excludes halogenated alkanes) is 2. The molecule has 1 heteroatoms. The van der Waals surface area contributed by atoms with Crippen LogP contribution in [0.15, 0.2) is 30.3 Å². The number of hydrogen-bond acceptors (Lipinski definition) is 0. The fourth-order valence-electron chi connectivity index (χ4n) is 1.28. The van der Waals surface area contributed by atoms with Crippen LogP contribution in [0.4, 0.5) is 0 Å². The van der Waals surface area contributed by atoms with E-state index in [1.165, 1.54) is 37.7 Å². The molecule has 0 N–H and O–H groups in total. The lowest BCUT2D eigenvalue weighted by Gasteiger charge is -1.93. The van der Waals surface area contributed by atoms with E-state index in [1.54, 1.807) is 0 Å². The highest BCUT2D eigenvalue weighted by molar-refractivity contribution is 6.17. The predicted octanol–water partition coefficient (Wildman–Crippen LogP) is 5.05. The lowest BCUT2D eigenvalue weighted by molar-refractivity contribution is 0.776. The summed E-state index contributed by atoms with van der Waals surface area (Å²) in [6.45, 7) is 4.37. The standard InChI is InChI=1S/C9H12.C5H11Cl/c1-2-6-9-7-4-3-5-8-9;1-2-3-4-5-6/h3-5,7-8H,2,6H2,1H3;2-5H2,1H3. The van der Waals surface area contributed by atoms with Crippen LogP contribution in [0.3, 0.4) is 0 Å². The smallest absolute Gasteiger partial charge is 0.0223 e. The number of rotatable bonds is 5. The molecule has 0 atom stereocenters. The SMILES string of the molecule is CCCCCCl.CCCc1ccccc1. The van der Waals surface area contributed by atoms with Crippen LogP contribution in [0, 0.1) is 0 Å². The quantitative estimate of drug-likeness (QED) is 0.487. The molecule has 0 bridgehead atoms. The van der Waals surface area contributed by atoms with Gasteiger partial charge in [-0.05, 0) is 18.4 Å². The summed E-state index contributed by atoms with van der Waals surface area (Å²) in [5.74, 6) is 0.827. The van der Waals surface area contributed by atoms with E-state index in [1.807, 2.05) is 0 Å². The van der Waals surface area contributed by atoms with Gasteiger partial charge in [0, 0.05) is 5.88 Å². The Morgan fingerprint density at radius 3 is 2.00 bits per heavy atom. The van der Waals surface area contributed by atoms with Crippen LogP contribution >= 0.6 is 11.6 Å². The van der Waals surface area contributed by atoms with Crippen molar-refractivity contribution in [2.24, 2.45) is 0 Å². The fraction of sp³-hybridized carbons (Fsp3) is 0.571. The first-order chi connectivity index (χ1) is 7.35. The molecule has 0 spiro atoms. The van der Waals surface area contributed by atoms with Crippen LogP contribution in [0.5, 0.6) is 0 Å². The molecule has 1 rings (SSSR count). The molecular weight excluding hydrogens is 204 g/mol. The second-order valence-corrected chi connectivity index (χ2v) is 4.01. The molecule has 0 amide bonds. The van der Waals surface area contributed by atoms with Crippen LogP contribution in [-0.2, 0) is 6.42 Å². The van der Waals surface area contributed by atoms with Crippen LogP contribution in [0.2, 0.25) is 0 Å². The Kier molecular flexibility index (Phi) is 11.2. The zero-order valence-corrected chi connectivity index (χ0v) is 10.8. The van der Waals surface area contributed by atoms with Gasteiger partial charge in [0.1, 0.15) is 0 Å². The molecule has 0 heterocycles. The van der Waals surface area contributed by atoms with Crippen molar-refractivity contribution < 1.29 is 0 Å². The van der Waals surface area contributed by atoms with Gasteiger partial charge in [-0.15, -0.1) is 11.6 Å². The zero-order chi connectivity index (χ0) is 11.4. The molecule has 0 radical (unpaired) electrons. The van der Waals surface area contributed by atoms with Crippen LogP contribution in [0.1, 0.15) is 45.1 Å². The average Bonchev–Trinajstić information content (AvgIpc) is 2.29. The minimum Gasteiger partial charge on any atom is -0.127 e. The lowest BCUT2D eigenvalue weighted by atomic mass is 10.1. The first kappa shape index (κ1) is 14.5. The number of halogens is 1. The van der Waals surface area contributed by atoms with Crippen LogP contribution in [-0.4, -0.2) is 5.88 Å². The number of aryl methyl sites for hydroxylation is 1. The average molecular weight is 227 g/mol. The van der Waals surface area contributed by atoms with Gasteiger partial charge in [0.25, 0.3) is 0 Å². The lowest BCUT2D eigenvalue weighted by Crippen LogP contribution is -1.78. The molecule has 0 fully saturated rings. The minimum absolute atomic E-state index is 0.827. The molecule has 0 unspecified atom stereocenters.